The van der Waals surface area contributed by atoms with Gasteiger partial charge in [-0.3, -0.25) is 19.5 Å². The molecule has 2 rings (SSSR count). The second kappa shape index (κ2) is 9.19. The zero-order chi connectivity index (χ0) is 23.8. The molecule has 178 valence electrons. The highest BCUT2D eigenvalue weighted by Gasteiger charge is 2.49. The SMILES string of the molecule is NC(N)=NC1C(=O)NC(=O)N1[C@H]1C[C@H](O)[C@@H](COP(=O)(O)OP(=O)(O)OP(=O)(O)O)O1. The standard InChI is InChI=1S/C9H18N5O14P3/c10-8(11)12-6-7(16)13-9(17)14(6)5-1-3(15)4(26-5)2-25-30(21,22)28-31(23,24)27-29(18,19)20/h3-6,15H,1-2H2,(H,21,22)(H,23,24)(H4,10,11,12)(H,13,16,17)(H2,18,19,20)/t3-,4+,5+,6?/m0/s1. The summed E-state index contributed by atoms with van der Waals surface area (Å²) in [7, 11) is -16.7. The van der Waals surface area contributed by atoms with Gasteiger partial charge in [-0.1, -0.05) is 0 Å². The number of urea groups is 1. The summed E-state index contributed by atoms with van der Waals surface area (Å²) >= 11 is 0. The summed E-state index contributed by atoms with van der Waals surface area (Å²) in [5.74, 6) is -1.41. The number of phosphoric acid groups is 3. The first-order valence-corrected chi connectivity index (χ1v) is 12.4. The highest BCUT2D eigenvalue weighted by molar-refractivity contribution is 7.66. The van der Waals surface area contributed by atoms with Crippen molar-refractivity contribution in [3.05, 3.63) is 0 Å². The fourth-order valence-corrected chi connectivity index (χ4v) is 5.56. The number of nitrogens with zero attached hydrogens (tertiary/aromatic N) is 2. The van der Waals surface area contributed by atoms with Crippen molar-refractivity contribution in [3.8, 4) is 0 Å². The number of carbonyl (C=O) groups excluding carboxylic acids is 2. The summed E-state index contributed by atoms with van der Waals surface area (Å²) < 4.78 is 50.3. The number of aliphatic imine (C=N–C) groups is 1. The Balaban J connectivity index is 2.02. The fraction of sp³-hybridized carbons (Fsp3) is 0.667. The monoisotopic (exact) mass is 513 g/mol. The molecule has 22 heteroatoms. The predicted molar refractivity (Wildman–Crippen MR) is 94.1 cm³/mol. The largest absolute Gasteiger partial charge is 0.490 e. The van der Waals surface area contributed by atoms with Crippen molar-refractivity contribution in [1.82, 2.24) is 10.2 Å². The molecule has 2 aliphatic rings. The number of imide groups is 1. The van der Waals surface area contributed by atoms with Gasteiger partial charge in [-0.2, -0.15) is 8.62 Å². The van der Waals surface area contributed by atoms with Gasteiger partial charge in [0.25, 0.3) is 5.91 Å². The van der Waals surface area contributed by atoms with Crippen molar-refractivity contribution in [2.24, 2.45) is 16.5 Å². The highest BCUT2D eigenvalue weighted by atomic mass is 31.3. The minimum atomic E-state index is -5.72. The maximum absolute atomic E-state index is 12.0. The lowest BCUT2D eigenvalue weighted by Crippen LogP contribution is -2.44. The van der Waals surface area contributed by atoms with Gasteiger partial charge < -0.3 is 40.9 Å². The average molecular weight is 513 g/mol. The molecule has 31 heavy (non-hydrogen) atoms. The van der Waals surface area contributed by atoms with Crippen molar-refractivity contribution in [2.75, 3.05) is 6.61 Å². The molecule has 19 nitrogen and oxygen atoms in total. The zero-order valence-corrected chi connectivity index (χ0v) is 17.7. The maximum Gasteiger partial charge on any atom is 0.490 e. The van der Waals surface area contributed by atoms with E-state index in [1.807, 2.05) is 5.32 Å². The Morgan fingerprint density at radius 3 is 2.32 bits per heavy atom. The van der Waals surface area contributed by atoms with E-state index in [0.717, 1.165) is 4.90 Å². The van der Waals surface area contributed by atoms with Gasteiger partial charge in [-0.05, 0) is 0 Å². The Bertz CT molecular complexity index is 902. The molecule has 2 aliphatic heterocycles. The first-order valence-electron chi connectivity index (χ1n) is 7.83. The number of ether oxygens (including phenoxy) is 1. The molecule has 0 aromatic heterocycles. The van der Waals surface area contributed by atoms with Crippen LogP contribution in [0, 0.1) is 0 Å². The number of hydrogen-bond acceptors (Lipinski definition) is 11. The summed E-state index contributed by atoms with van der Waals surface area (Å²) in [5, 5.41) is 12.0. The summed E-state index contributed by atoms with van der Waals surface area (Å²) in [5.41, 5.74) is 10.4. The van der Waals surface area contributed by atoms with Gasteiger partial charge in [0.15, 0.2) is 5.96 Å². The van der Waals surface area contributed by atoms with Crippen LogP contribution in [0.2, 0.25) is 0 Å². The van der Waals surface area contributed by atoms with Gasteiger partial charge in [-0.15, -0.1) is 0 Å². The number of guanidine groups is 1. The van der Waals surface area contributed by atoms with Gasteiger partial charge in [-0.25, -0.2) is 23.5 Å². The van der Waals surface area contributed by atoms with E-state index in [4.69, 9.17) is 30.9 Å². The summed E-state index contributed by atoms with van der Waals surface area (Å²) in [4.78, 5) is 63.5. The van der Waals surface area contributed by atoms with Crippen molar-refractivity contribution in [1.29, 1.82) is 0 Å². The van der Waals surface area contributed by atoms with E-state index in [-0.39, 0.29) is 6.42 Å². The van der Waals surface area contributed by atoms with E-state index < -0.39 is 72.6 Å². The molecule has 3 unspecified atom stereocenters. The number of nitrogens with two attached hydrogens (primary N) is 2. The molecule has 2 heterocycles. The van der Waals surface area contributed by atoms with Crippen LogP contribution in [0.15, 0.2) is 4.99 Å². The first kappa shape index (κ1) is 25.8. The van der Waals surface area contributed by atoms with Gasteiger partial charge >= 0.3 is 29.5 Å². The van der Waals surface area contributed by atoms with Crippen molar-refractivity contribution < 1.29 is 65.8 Å². The molecular weight excluding hydrogens is 495 g/mol. The molecular formula is C9H18N5O14P3. The Labute approximate surface area is 172 Å². The van der Waals surface area contributed by atoms with E-state index in [1.165, 1.54) is 0 Å². The van der Waals surface area contributed by atoms with Gasteiger partial charge in [0.2, 0.25) is 6.17 Å². The first-order chi connectivity index (χ1) is 14.0. The van der Waals surface area contributed by atoms with Crippen LogP contribution in [0.4, 0.5) is 4.79 Å². The van der Waals surface area contributed by atoms with Crippen molar-refractivity contribution in [3.63, 3.8) is 0 Å². The Kier molecular flexibility index (Phi) is 7.65. The smallest absolute Gasteiger partial charge is 0.390 e. The van der Waals surface area contributed by atoms with Crippen LogP contribution in [0.25, 0.3) is 0 Å². The minimum Gasteiger partial charge on any atom is -0.390 e. The normalized spacial score (nSPS) is 30.5. The molecule has 0 bridgehead atoms. The molecule has 2 fully saturated rings. The highest BCUT2D eigenvalue weighted by Crippen LogP contribution is 2.66. The minimum absolute atomic E-state index is 0.318. The number of phosphoric ester groups is 1. The molecule has 3 amide bonds. The van der Waals surface area contributed by atoms with Gasteiger partial charge in [0.1, 0.15) is 12.3 Å². The lowest BCUT2D eigenvalue weighted by Gasteiger charge is -2.25. The third kappa shape index (κ3) is 7.28. The Morgan fingerprint density at radius 2 is 1.77 bits per heavy atom. The number of aliphatic hydroxyl groups excluding tert-OH is 1. The van der Waals surface area contributed by atoms with Crippen LogP contribution < -0.4 is 16.8 Å². The van der Waals surface area contributed by atoms with E-state index in [1.54, 1.807) is 0 Å². The predicted octanol–water partition coefficient (Wildman–Crippen LogP) is -3.04. The average Bonchev–Trinajstić information content (AvgIpc) is 3.01. The second-order valence-electron chi connectivity index (χ2n) is 5.95. The van der Waals surface area contributed by atoms with E-state index in [0.29, 0.717) is 0 Å². The third-order valence-corrected chi connectivity index (χ3v) is 7.37. The fourth-order valence-electron chi connectivity index (χ4n) is 2.53. The quantitative estimate of drug-likeness (QED) is 0.0657. The van der Waals surface area contributed by atoms with E-state index in [2.05, 4.69) is 18.1 Å². The van der Waals surface area contributed by atoms with Crippen LogP contribution in [0.5, 0.6) is 0 Å². The van der Waals surface area contributed by atoms with Crippen LogP contribution in [0.1, 0.15) is 6.42 Å². The summed E-state index contributed by atoms with van der Waals surface area (Å²) in [6, 6.07) is -0.953. The molecule has 0 saturated carbocycles. The second-order valence-corrected chi connectivity index (χ2v) is 10.4. The van der Waals surface area contributed by atoms with Crippen LogP contribution in [0.3, 0.4) is 0 Å². The van der Waals surface area contributed by atoms with Crippen molar-refractivity contribution in [2.45, 2.75) is 31.0 Å². The number of hydrogen-bond donors (Lipinski definition) is 8. The van der Waals surface area contributed by atoms with E-state index >= 15 is 0 Å². The van der Waals surface area contributed by atoms with Gasteiger partial charge in [0.05, 0.1) is 12.7 Å². The maximum atomic E-state index is 12.0. The van der Waals surface area contributed by atoms with Crippen LogP contribution in [-0.2, 0) is 36.4 Å². The number of carbonyl (C=O) groups is 2. The van der Waals surface area contributed by atoms with Crippen LogP contribution in [-0.4, -0.2) is 78.7 Å². The van der Waals surface area contributed by atoms with Crippen LogP contribution >= 0.6 is 23.5 Å². The van der Waals surface area contributed by atoms with Crippen molar-refractivity contribution >= 4 is 41.4 Å². The Morgan fingerprint density at radius 1 is 1.16 bits per heavy atom. The third-order valence-electron chi connectivity index (χ3n) is 3.57. The summed E-state index contributed by atoms with van der Waals surface area (Å²) in [6.45, 7) is -0.961. The molecule has 0 aromatic rings. The van der Waals surface area contributed by atoms with Gasteiger partial charge in [0, 0.05) is 6.42 Å². The number of aliphatic hydroxyl groups is 1. The number of nitrogens with one attached hydrogen (secondary N) is 1. The number of amides is 3. The zero-order valence-electron chi connectivity index (χ0n) is 15.0. The lowest BCUT2D eigenvalue weighted by atomic mass is 10.2. The Hall–Kier alpha value is -1.46. The molecule has 0 radical (unpaired) electrons. The van der Waals surface area contributed by atoms with E-state index in [9.17, 15) is 33.3 Å². The molecule has 0 spiro atoms. The number of rotatable bonds is 9. The topological polar surface area (TPSA) is 303 Å². The molecule has 10 N–H and O–H groups in total. The molecule has 2 saturated heterocycles. The molecule has 6 atom stereocenters. The lowest BCUT2D eigenvalue weighted by molar-refractivity contribution is -0.124. The molecule has 0 aliphatic carbocycles. The molecule has 0 aromatic carbocycles. The summed E-state index contributed by atoms with van der Waals surface area (Å²) in [6.07, 6.45) is -5.96.